The highest BCUT2D eigenvalue weighted by Gasteiger charge is 2.49. The molecule has 0 aromatic heterocycles. The molecule has 3 aliphatic heterocycles. The Morgan fingerprint density at radius 3 is 2.83 bits per heavy atom. The molecule has 3 heterocycles. The van der Waals surface area contributed by atoms with E-state index in [-0.39, 0.29) is 17.7 Å². The number of likely N-dealkylation sites (tertiary alicyclic amines) is 1. The quantitative estimate of drug-likeness (QED) is 0.826. The average Bonchev–Trinajstić information content (AvgIpc) is 3.27. The molecule has 3 aliphatic rings. The summed E-state index contributed by atoms with van der Waals surface area (Å²) in [7, 11) is 0. The van der Waals surface area contributed by atoms with E-state index in [4.69, 9.17) is 0 Å². The summed E-state index contributed by atoms with van der Waals surface area (Å²) in [6.45, 7) is 8.37. The van der Waals surface area contributed by atoms with E-state index in [0.717, 1.165) is 26.1 Å². The minimum Gasteiger partial charge on any atom is -0.371 e. The van der Waals surface area contributed by atoms with Crippen molar-refractivity contribution in [3.05, 3.63) is 59.2 Å². The molecule has 2 aromatic carbocycles. The molecule has 0 bridgehead atoms. The summed E-state index contributed by atoms with van der Waals surface area (Å²) >= 11 is 0. The van der Waals surface area contributed by atoms with Crippen LogP contribution in [0.2, 0.25) is 0 Å². The number of nitrogens with one attached hydrogen (secondary N) is 2. The molecule has 5 rings (SSSR count). The number of hydrogen-bond donors (Lipinski definition) is 2. The average molecular weight is 405 g/mol. The third-order valence-electron chi connectivity index (χ3n) is 6.83. The zero-order valence-corrected chi connectivity index (χ0v) is 17.6. The van der Waals surface area contributed by atoms with Gasteiger partial charge in [-0.1, -0.05) is 24.3 Å². The number of anilines is 2. The lowest BCUT2D eigenvalue weighted by atomic mass is 9.86. The first-order valence-electron chi connectivity index (χ1n) is 10.8. The molecular formula is C24H28N4O2. The fraction of sp³-hybridized carbons (Fsp3) is 0.417. The first kappa shape index (κ1) is 19.1. The van der Waals surface area contributed by atoms with E-state index in [1.807, 2.05) is 19.1 Å². The van der Waals surface area contributed by atoms with Crippen LogP contribution in [0.1, 0.15) is 35.3 Å². The molecule has 30 heavy (non-hydrogen) atoms. The van der Waals surface area contributed by atoms with Crippen LogP contribution in [0, 0.1) is 5.92 Å². The number of rotatable bonds is 3. The predicted molar refractivity (Wildman–Crippen MR) is 118 cm³/mol. The van der Waals surface area contributed by atoms with Crippen LogP contribution in [0.4, 0.5) is 11.4 Å². The number of carbonyl (C=O) groups excluding carboxylic acids is 2. The lowest BCUT2D eigenvalue weighted by Crippen LogP contribution is -2.56. The van der Waals surface area contributed by atoms with Crippen molar-refractivity contribution in [2.75, 3.05) is 36.4 Å². The highest BCUT2D eigenvalue weighted by atomic mass is 16.2. The summed E-state index contributed by atoms with van der Waals surface area (Å²) in [6.07, 6.45) is 1.09. The van der Waals surface area contributed by atoms with Crippen LogP contribution in [0.5, 0.6) is 0 Å². The van der Waals surface area contributed by atoms with Gasteiger partial charge in [-0.05, 0) is 49.6 Å². The Labute approximate surface area is 177 Å². The summed E-state index contributed by atoms with van der Waals surface area (Å²) in [5, 5.41) is 6.15. The molecule has 1 fully saturated rings. The van der Waals surface area contributed by atoms with Gasteiger partial charge in [0, 0.05) is 38.4 Å². The van der Waals surface area contributed by atoms with Crippen LogP contribution >= 0.6 is 0 Å². The number of amides is 2. The van der Waals surface area contributed by atoms with Crippen molar-refractivity contribution in [1.82, 2.24) is 10.2 Å². The molecule has 0 spiro atoms. The first-order valence-corrected chi connectivity index (χ1v) is 10.8. The number of hydrogen-bond acceptors (Lipinski definition) is 4. The van der Waals surface area contributed by atoms with Crippen LogP contribution in [-0.4, -0.2) is 48.4 Å². The van der Waals surface area contributed by atoms with Crippen LogP contribution in [0.3, 0.4) is 0 Å². The van der Waals surface area contributed by atoms with Gasteiger partial charge in [-0.15, -0.1) is 0 Å². The van der Waals surface area contributed by atoms with Crippen molar-refractivity contribution in [2.45, 2.75) is 32.4 Å². The van der Waals surface area contributed by atoms with Gasteiger partial charge in [-0.3, -0.25) is 14.5 Å². The maximum absolute atomic E-state index is 13.0. The van der Waals surface area contributed by atoms with Gasteiger partial charge in [0.1, 0.15) is 0 Å². The molecule has 156 valence electrons. The molecule has 0 unspecified atom stereocenters. The van der Waals surface area contributed by atoms with E-state index >= 15 is 0 Å². The maximum Gasteiger partial charge on any atom is 0.253 e. The summed E-state index contributed by atoms with van der Waals surface area (Å²) in [5.41, 5.74) is 4.53. The smallest absolute Gasteiger partial charge is 0.253 e. The second kappa shape index (κ2) is 7.13. The zero-order valence-electron chi connectivity index (χ0n) is 17.6. The van der Waals surface area contributed by atoms with Crippen LogP contribution < -0.4 is 15.5 Å². The van der Waals surface area contributed by atoms with E-state index in [0.29, 0.717) is 24.3 Å². The van der Waals surface area contributed by atoms with Gasteiger partial charge in [0.25, 0.3) is 5.91 Å². The maximum atomic E-state index is 13.0. The SMILES string of the molecule is CCN1CCc2cc(CN3C[C@H]4C(=O)Nc5ccccc5C(=O)N[C@@]4(C)C3)ccc21. The molecule has 6 nitrogen and oxygen atoms in total. The van der Waals surface area contributed by atoms with Crippen LogP contribution in [-0.2, 0) is 17.8 Å². The van der Waals surface area contributed by atoms with Gasteiger partial charge < -0.3 is 15.5 Å². The van der Waals surface area contributed by atoms with Crippen molar-refractivity contribution in [3.63, 3.8) is 0 Å². The van der Waals surface area contributed by atoms with Crippen molar-refractivity contribution >= 4 is 23.2 Å². The molecule has 2 aromatic rings. The normalized spacial score (nSPS) is 25.7. The summed E-state index contributed by atoms with van der Waals surface area (Å²) < 4.78 is 0. The Kier molecular flexibility index (Phi) is 4.54. The number of likely N-dealkylation sites (N-methyl/N-ethyl adjacent to an activating group) is 1. The molecule has 1 saturated heterocycles. The number of benzene rings is 2. The molecular weight excluding hydrogens is 376 g/mol. The molecule has 0 radical (unpaired) electrons. The van der Waals surface area contributed by atoms with Gasteiger partial charge in [-0.2, -0.15) is 0 Å². The Morgan fingerprint density at radius 1 is 1.17 bits per heavy atom. The molecule has 2 N–H and O–H groups in total. The minimum atomic E-state index is -0.593. The third-order valence-corrected chi connectivity index (χ3v) is 6.83. The Balaban J connectivity index is 1.37. The van der Waals surface area contributed by atoms with Gasteiger partial charge in [0.2, 0.25) is 5.91 Å². The summed E-state index contributed by atoms with van der Waals surface area (Å²) in [5.74, 6) is -0.447. The van der Waals surface area contributed by atoms with E-state index in [1.54, 1.807) is 12.1 Å². The van der Waals surface area contributed by atoms with E-state index in [2.05, 4.69) is 45.6 Å². The van der Waals surface area contributed by atoms with Gasteiger partial charge in [-0.25, -0.2) is 0 Å². The largest absolute Gasteiger partial charge is 0.371 e. The Bertz CT molecular complexity index is 1020. The number of para-hydroxylation sites is 1. The van der Waals surface area contributed by atoms with Crippen LogP contribution in [0.15, 0.2) is 42.5 Å². The highest BCUT2D eigenvalue weighted by Crippen LogP contribution is 2.34. The van der Waals surface area contributed by atoms with E-state index in [1.165, 1.54) is 16.8 Å². The van der Waals surface area contributed by atoms with E-state index in [9.17, 15) is 9.59 Å². The lowest BCUT2D eigenvalue weighted by Gasteiger charge is -2.33. The molecule has 2 amide bonds. The zero-order chi connectivity index (χ0) is 20.9. The fourth-order valence-corrected chi connectivity index (χ4v) is 5.26. The molecule has 2 atom stereocenters. The topological polar surface area (TPSA) is 64.7 Å². The standard InChI is InChI=1S/C24H28N4O2/c1-3-28-11-10-17-12-16(8-9-21(17)28)13-27-14-19-23(30)25-20-7-5-4-6-18(20)22(29)26-24(19,2)15-27/h4-9,12,19H,3,10-11,13-15H2,1-2H3,(H,25,30)(H,26,29)/t19-,24-/m0/s1. The summed E-state index contributed by atoms with van der Waals surface area (Å²) in [6, 6.07) is 13.9. The van der Waals surface area contributed by atoms with E-state index < -0.39 is 5.54 Å². The lowest BCUT2D eigenvalue weighted by molar-refractivity contribution is -0.121. The molecule has 0 saturated carbocycles. The van der Waals surface area contributed by atoms with Gasteiger partial charge >= 0.3 is 0 Å². The van der Waals surface area contributed by atoms with Crippen LogP contribution in [0.25, 0.3) is 0 Å². The summed E-state index contributed by atoms with van der Waals surface area (Å²) in [4.78, 5) is 30.6. The number of fused-ring (bicyclic) bond motifs is 3. The highest BCUT2D eigenvalue weighted by molar-refractivity contribution is 6.06. The number of carbonyl (C=O) groups is 2. The first-order chi connectivity index (χ1) is 14.5. The monoisotopic (exact) mass is 404 g/mol. The predicted octanol–water partition coefficient (Wildman–Crippen LogP) is 2.64. The molecule has 0 aliphatic carbocycles. The third kappa shape index (κ3) is 3.16. The van der Waals surface area contributed by atoms with Crippen molar-refractivity contribution in [3.8, 4) is 0 Å². The fourth-order valence-electron chi connectivity index (χ4n) is 5.26. The minimum absolute atomic E-state index is 0.0278. The van der Waals surface area contributed by atoms with Crippen molar-refractivity contribution in [2.24, 2.45) is 5.92 Å². The number of nitrogens with zero attached hydrogens (tertiary/aromatic N) is 2. The Hall–Kier alpha value is -2.86. The second-order valence-electron chi connectivity index (χ2n) is 8.92. The van der Waals surface area contributed by atoms with Crippen molar-refractivity contribution < 1.29 is 9.59 Å². The van der Waals surface area contributed by atoms with Gasteiger partial charge in [0.15, 0.2) is 0 Å². The van der Waals surface area contributed by atoms with Gasteiger partial charge in [0.05, 0.1) is 22.7 Å². The van der Waals surface area contributed by atoms with Crippen molar-refractivity contribution in [1.29, 1.82) is 0 Å². The Morgan fingerprint density at radius 2 is 2.00 bits per heavy atom. The second-order valence-corrected chi connectivity index (χ2v) is 8.92. The molecule has 6 heteroatoms.